The standard InChI is InChI=1S/C23H21N5O3S/c29-23(25-14-18-9-11-19(12-10-18)15-28-17-24-16-26-28)20-5-4-6-21(13-20)27-32(30,31)22-7-2-1-3-8-22/h1-13,16-17,27H,14-15H2,(H,25,29). The molecule has 2 N–H and O–H groups in total. The fourth-order valence-corrected chi connectivity index (χ4v) is 4.16. The van der Waals surface area contributed by atoms with Gasteiger partial charge < -0.3 is 5.32 Å². The minimum Gasteiger partial charge on any atom is -0.348 e. The zero-order valence-electron chi connectivity index (χ0n) is 17.0. The van der Waals surface area contributed by atoms with E-state index in [-0.39, 0.29) is 10.8 Å². The molecule has 0 spiro atoms. The highest BCUT2D eigenvalue weighted by molar-refractivity contribution is 7.92. The van der Waals surface area contributed by atoms with Crippen LogP contribution in [0.2, 0.25) is 0 Å². The van der Waals surface area contributed by atoms with E-state index in [4.69, 9.17) is 0 Å². The van der Waals surface area contributed by atoms with Gasteiger partial charge in [-0.05, 0) is 41.5 Å². The lowest BCUT2D eigenvalue weighted by molar-refractivity contribution is 0.0951. The molecule has 1 amide bonds. The molecular formula is C23H21N5O3S. The number of benzene rings is 3. The van der Waals surface area contributed by atoms with E-state index in [1.54, 1.807) is 47.4 Å². The van der Waals surface area contributed by atoms with Crippen molar-refractivity contribution < 1.29 is 13.2 Å². The van der Waals surface area contributed by atoms with Crippen LogP contribution in [0.5, 0.6) is 0 Å². The van der Waals surface area contributed by atoms with Crippen molar-refractivity contribution in [2.24, 2.45) is 0 Å². The van der Waals surface area contributed by atoms with Gasteiger partial charge in [-0.15, -0.1) is 0 Å². The highest BCUT2D eigenvalue weighted by atomic mass is 32.2. The molecule has 0 aliphatic carbocycles. The highest BCUT2D eigenvalue weighted by Crippen LogP contribution is 2.17. The summed E-state index contributed by atoms with van der Waals surface area (Å²) in [4.78, 5) is 16.7. The van der Waals surface area contributed by atoms with E-state index in [1.807, 2.05) is 24.3 Å². The number of aromatic nitrogens is 3. The second kappa shape index (κ2) is 9.44. The van der Waals surface area contributed by atoms with Crippen molar-refractivity contribution in [3.63, 3.8) is 0 Å². The van der Waals surface area contributed by atoms with Gasteiger partial charge in [-0.3, -0.25) is 9.52 Å². The summed E-state index contributed by atoms with van der Waals surface area (Å²) in [6.07, 6.45) is 3.15. The van der Waals surface area contributed by atoms with Gasteiger partial charge >= 0.3 is 0 Å². The van der Waals surface area contributed by atoms with E-state index in [0.717, 1.165) is 11.1 Å². The van der Waals surface area contributed by atoms with Crippen molar-refractivity contribution in [1.29, 1.82) is 0 Å². The van der Waals surface area contributed by atoms with E-state index in [1.165, 1.54) is 24.5 Å². The van der Waals surface area contributed by atoms with Crippen LogP contribution in [-0.4, -0.2) is 29.1 Å². The second-order valence-corrected chi connectivity index (χ2v) is 8.77. The normalized spacial score (nSPS) is 11.1. The Morgan fingerprint density at radius 2 is 1.66 bits per heavy atom. The van der Waals surface area contributed by atoms with Crippen LogP contribution in [-0.2, 0) is 23.1 Å². The van der Waals surface area contributed by atoms with Gasteiger partial charge in [-0.2, -0.15) is 5.10 Å². The fraction of sp³-hybridized carbons (Fsp3) is 0.0870. The number of amides is 1. The van der Waals surface area contributed by atoms with Crippen LogP contribution in [0.1, 0.15) is 21.5 Å². The Labute approximate surface area is 186 Å². The number of nitrogens with one attached hydrogen (secondary N) is 2. The molecular weight excluding hydrogens is 426 g/mol. The molecule has 9 heteroatoms. The first-order chi connectivity index (χ1) is 15.5. The Kier molecular flexibility index (Phi) is 6.27. The van der Waals surface area contributed by atoms with Crippen molar-refractivity contribution >= 4 is 21.6 Å². The van der Waals surface area contributed by atoms with Crippen LogP contribution >= 0.6 is 0 Å². The van der Waals surface area contributed by atoms with Crippen molar-refractivity contribution in [3.05, 3.63) is 108 Å². The van der Waals surface area contributed by atoms with Crippen molar-refractivity contribution in [2.45, 2.75) is 18.0 Å². The number of hydrogen-bond donors (Lipinski definition) is 2. The molecule has 0 fully saturated rings. The SMILES string of the molecule is O=C(NCc1ccc(Cn2cncn2)cc1)c1cccc(NS(=O)(=O)c2ccccc2)c1. The molecule has 8 nitrogen and oxygen atoms in total. The molecule has 4 rings (SSSR count). The van der Waals surface area contributed by atoms with Crippen LogP contribution in [0.15, 0.2) is 96.4 Å². The molecule has 0 saturated carbocycles. The number of anilines is 1. The predicted octanol–water partition coefficient (Wildman–Crippen LogP) is 3.06. The Hall–Kier alpha value is -3.98. The fourth-order valence-electron chi connectivity index (χ4n) is 3.09. The Morgan fingerprint density at radius 1 is 0.906 bits per heavy atom. The summed E-state index contributed by atoms with van der Waals surface area (Å²) in [7, 11) is -3.73. The molecule has 4 aromatic rings. The topological polar surface area (TPSA) is 106 Å². The first-order valence-electron chi connectivity index (χ1n) is 9.86. The first-order valence-corrected chi connectivity index (χ1v) is 11.3. The molecule has 0 aliphatic heterocycles. The predicted molar refractivity (Wildman–Crippen MR) is 120 cm³/mol. The summed E-state index contributed by atoms with van der Waals surface area (Å²) in [6.45, 7) is 0.973. The summed E-state index contributed by atoms with van der Waals surface area (Å²) in [5, 5.41) is 6.94. The van der Waals surface area contributed by atoms with Crippen LogP contribution in [0.25, 0.3) is 0 Å². The zero-order chi connectivity index (χ0) is 22.4. The third-order valence-electron chi connectivity index (χ3n) is 4.72. The maximum absolute atomic E-state index is 12.6. The molecule has 1 heterocycles. The van der Waals surface area contributed by atoms with Crippen LogP contribution in [0, 0.1) is 0 Å². The summed E-state index contributed by atoms with van der Waals surface area (Å²) in [5.41, 5.74) is 2.70. The highest BCUT2D eigenvalue weighted by Gasteiger charge is 2.14. The van der Waals surface area contributed by atoms with Gasteiger partial charge in [0.25, 0.3) is 15.9 Å². The molecule has 1 aromatic heterocycles. The van der Waals surface area contributed by atoms with Gasteiger partial charge in [0.15, 0.2) is 0 Å². The van der Waals surface area contributed by atoms with Gasteiger partial charge in [0.05, 0.1) is 11.4 Å². The number of nitrogens with zero attached hydrogens (tertiary/aromatic N) is 3. The van der Waals surface area contributed by atoms with E-state index >= 15 is 0 Å². The van der Waals surface area contributed by atoms with Crippen LogP contribution in [0.3, 0.4) is 0 Å². The van der Waals surface area contributed by atoms with E-state index < -0.39 is 10.0 Å². The largest absolute Gasteiger partial charge is 0.348 e. The third kappa shape index (κ3) is 5.38. The molecule has 32 heavy (non-hydrogen) atoms. The van der Waals surface area contributed by atoms with Gasteiger partial charge in [0.2, 0.25) is 0 Å². The van der Waals surface area contributed by atoms with Crippen molar-refractivity contribution in [3.8, 4) is 0 Å². The molecule has 0 unspecified atom stereocenters. The summed E-state index contributed by atoms with van der Waals surface area (Å²) in [6, 6.07) is 22.3. The molecule has 0 radical (unpaired) electrons. The van der Waals surface area contributed by atoms with Gasteiger partial charge in [-0.1, -0.05) is 48.5 Å². The molecule has 162 valence electrons. The lowest BCUT2D eigenvalue weighted by atomic mass is 10.1. The van der Waals surface area contributed by atoms with Crippen molar-refractivity contribution in [1.82, 2.24) is 20.1 Å². The van der Waals surface area contributed by atoms with Crippen LogP contribution < -0.4 is 10.0 Å². The maximum Gasteiger partial charge on any atom is 0.261 e. The maximum atomic E-state index is 12.6. The average molecular weight is 448 g/mol. The smallest absolute Gasteiger partial charge is 0.261 e. The van der Waals surface area contributed by atoms with Crippen molar-refractivity contribution in [2.75, 3.05) is 4.72 Å². The molecule has 0 saturated heterocycles. The molecule has 0 bridgehead atoms. The Balaban J connectivity index is 1.37. The Morgan fingerprint density at radius 3 is 2.38 bits per heavy atom. The molecule has 0 aliphatic rings. The van der Waals surface area contributed by atoms with Gasteiger partial charge in [0.1, 0.15) is 12.7 Å². The molecule has 3 aromatic carbocycles. The quantitative estimate of drug-likeness (QED) is 0.432. The first kappa shape index (κ1) is 21.3. The number of rotatable bonds is 8. The lowest BCUT2D eigenvalue weighted by Crippen LogP contribution is -2.23. The number of carbonyl (C=O) groups is 1. The van der Waals surface area contributed by atoms with E-state index in [2.05, 4.69) is 20.1 Å². The third-order valence-corrected chi connectivity index (χ3v) is 6.11. The minimum absolute atomic E-state index is 0.155. The number of hydrogen-bond acceptors (Lipinski definition) is 5. The van der Waals surface area contributed by atoms with Crippen LogP contribution in [0.4, 0.5) is 5.69 Å². The number of carbonyl (C=O) groups excluding carboxylic acids is 1. The lowest BCUT2D eigenvalue weighted by Gasteiger charge is -2.10. The van der Waals surface area contributed by atoms with Gasteiger partial charge in [0, 0.05) is 17.8 Å². The summed E-state index contributed by atoms with van der Waals surface area (Å²) in [5.74, 6) is -0.294. The number of sulfonamides is 1. The Bertz CT molecular complexity index is 1290. The second-order valence-electron chi connectivity index (χ2n) is 7.09. The monoisotopic (exact) mass is 447 g/mol. The zero-order valence-corrected chi connectivity index (χ0v) is 17.9. The van der Waals surface area contributed by atoms with Gasteiger partial charge in [-0.25, -0.2) is 18.1 Å². The summed E-state index contributed by atoms with van der Waals surface area (Å²) >= 11 is 0. The van der Waals surface area contributed by atoms with E-state index in [0.29, 0.717) is 24.3 Å². The molecule has 0 atom stereocenters. The summed E-state index contributed by atoms with van der Waals surface area (Å²) < 4.78 is 29.2. The average Bonchev–Trinajstić information content (AvgIpc) is 3.32. The van der Waals surface area contributed by atoms with E-state index in [9.17, 15) is 13.2 Å². The minimum atomic E-state index is -3.73.